The zero-order valence-electron chi connectivity index (χ0n) is 12.2. The minimum atomic E-state index is -0.848. The van der Waals surface area contributed by atoms with Crippen LogP contribution in [0.25, 0.3) is 0 Å². The van der Waals surface area contributed by atoms with Gasteiger partial charge in [0.25, 0.3) is 0 Å². The highest BCUT2D eigenvalue weighted by Crippen LogP contribution is 2.34. The van der Waals surface area contributed by atoms with E-state index >= 15 is 0 Å². The Hall–Kier alpha value is -1.49. The van der Waals surface area contributed by atoms with Crippen LogP contribution in [0.3, 0.4) is 0 Å². The Morgan fingerprint density at radius 3 is 2.81 bits per heavy atom. The molecule has 1 aromatic rings. The summed E-state index contributed by atoms with van der Waals surface area (Å²) in [5.74, 6) is 0.607. The molecule has 1 aliphatic rings. The van der Waals surface area contributed by atoms with Crippen molar-refractivity contribution in [2.45, 2.75) is 38.0 Å². The van der Waals surface area contributed by atoms with E-state index < -0.39 is 5.97 Å². The van der Waals surface area contributed by atoms with E-state index in [9.17, 15) is 9.59 Å². The van der Waals surface area contributed by atoms with Gasteiger partial charge in [-0.25, -0.2) is 0 Å². The molecule has 114 valence electrons. The second-order valence-electron chi connectivity index (χ2n) is 5.59. The number of carbonyl (C=O) groups excluding carboxylic acids is 1. The molecule has 0 aromatic heterocycles. The molecule has 0 spiro atoms. The van der Waals surface area contributed by atoms with Gasteiger partial charge < -0.3 is 10.4 Å². The molecular formula is C16H21NO3S. The topological polar surface area (TPSA) is 66.4 Å². The van der Waals surface area contributed by atoms with Crippen molar-refractivity contribution in [2.24, 2.45) is 5.92 Å². The maximum atomic E-state index is 11.9. The smallest absolute Gasteiger partial charge is 0.305 e. The van der Waals surface area contributed by atoms with Crippen LogP contribution in [0.5, 0.6) is 0 Å². The summed E-state index contributed by atoms with van der Waals surface area (Å²) in [6.45, 7) is 2.05. The van der Waals surface area contributed by atoms with Crippen LogP contribution in [0.4, 0.5) is 0 Å². The highest BCUT2D eigenvalue weighted by atomic mass is 32.2. The van der Waals surface area contributed by atoms with Gasteiger partial charge >= 0.3 is 5.97 Å². The van der Waals surface area contributed by atoms with E-state index in [1.165, 1.54) is 11.1 Å². The number of hydrogen-bond donors (Lipinski definition) is 2. The molecule has 0 saturated heterocycles. The number of carboxylic acids is 1. The molecule has 1 amide bonds. The highest BCUT2D eigenvalue weighted by Gasteiger charge is 2.33. The number of nitrogens with one attached hydrogen (secondary N) is 1. The molecule has 5 heteroatoms. The Morgan fingerprint density at radius 2 is 2.19 bits per heavy atom. The number of benzene rings is 1. The molecule has 1 aromatic carbocycles. The Kier molecular flexibility index (Phi) is 5.67. The van der Waals surface area contributed by atoms with E-state index in [0.29, 0.717) is 11.7 Å². The van der Waals surface area contributed by atoms with Crippen LogP contribution in [0, 0.1) is 12.8 Å². The number of thioether (sulfide) groups is 1. The predicted octanol–water partition coefficient (Wildman–Crippen LogP) is 2.60. The molecule has 1 saturated carbocycles. The summed E-state index contributed by atoms with van der Waals surface area (Å²) in [6.07, 6.45) is 2.07. The lowest BCUT2D eigenvalue weighted by Gasteiger charge is -2.16. The van der Waals surface area contributed by atoms with Crippen LogP contribution < -0.4 is 5.32 Å². The molecule has 1 aliphatic carbocycles. The lowest BCUT2D eigenvalue weighted by Crippen LogP contribution is -2.39. The van der Waals surface area contributed by atoms with Crippen molar-refractivity contribution in [3.63, 3.8) is 0 Å². The van der Waals surface area contributed by atoms with Crippen LogP contribution in [0.2, 0.25) is 0 Å². The minimum Gasteiger partial charge on any atom is -0.481 e. The zero-order chi connectivity index (χ0) is 15.2. The fourth-order valence-electron chi connectivity index (χ4n) is 2.33. The number of aliphatic carboxylic acids is 1. The maximum absolute atomic E-state index is 11.9. The van der Waals surface area contributed by atoms with Crippen LogP contribution in [-0.2, 0) is 15.3 Å². The van der Waals surface area contributed by atoms with Gasteiger partial charge in [0.2, 0.25) is 5.91 Å². The number of carboxylic acid groups (broad SMARTS) is 1. The summed E-state index contributed by atoms with van der Waals surface area (Å²) in [6, 6.07) is 8.03. The summed E-state index contributed by atoms with van der Waals surface area (Å²) in [7, 11) is 0. The first kappa shape index (κ1) is 15.9. The van der Waals surface area contributed by atoms with Crippen LogP contribution in [-0.4, -0.2) is 28.8 Å². The Labute approximate surface area is 129 Å². The van der Waals surface area contributed by atoms with Crippen molar-refractivity contribution in [3.8, 4) is 0 Å². The molecule has 1 fully saturated rings. The van der Waals surface area contributed by atoms with Gasteiger partial charge in [-0.2, -0.15) is 0 Å². The first-order valence-electron chi connectivity index (χ1n) is 7.19. The quantitative estimate of drug-likeness (QED) is 0.775. The molecule has 1 unspecified atom stereocenters. The average molecular weight is 307 g/mol. The van der Waals surface area contributed by atoms with Crippen LogP contribution in [0.15, 0.2) is 24.3 Å². The number of amides is 1. The predicted molar refractivity (Wildman–Crippen MR) is 84.2 cm³/mol. The largest absolute Gasteiger partial charge is 0.481 e. The first-order chi connectivity index (χ1) is 10.0. The molecule has 2 rings (SSSR count). The Bertz CT molecular complexity index is 514. The molecule has 0 heterocycles. The molecule has 2 N–H and O–H groups in total. The van der Waals surface area contributed by atoms with Crippen molar-refractivity contribution in [1.82, 2.24) is 5.32 Å². The summed E-state index contributed by atoms with van der Waals surface area (Å²) in [5, 5.41) is 11.7. The molecule has 4 nitrogen and oxygen atoms in total. The van der Waals surface area contributed by atoms with Gasteiger partial charge in [0.05, 0.1) is 12.2 Å². The van der Waals surface area contributed by atoms with Gasteiger partial charge in [-0.1, -0.05) is 29.8 Å². The second kappa shape index (κ2) is 7.50. The number of aryl methyl sites for hydroxylation is 1. The molecule has 1 atom stereocenters. The lowest BCUT2D eigenvalue weighted by molar-refractivity contribution is -0.137. The van der Waals surface area contributed by atoms with Crippen molar-refractivity contribution >= 4 is 23.6 Å². The maximum Gasteiger partial charge on any atom is 0.305 e. The van der Waals surface area contributed by atoms with Gasteiger partial charge in [0, 0.05) is 11.8 Å². The summed E-state index contributed by atoms with van der Waals surface area (Å²) in [5.41, 5.74) is 2.42. The lowest BCUT2D eigenvalue weighted by atomic mass is 10.1. The van der Waals surface area contributed by atoms with Crippen molar-refractivity contribution in [3.05, 3.63) is 35.4 Å². The van der Waals surface area contributed by atoms with Crippen LogP contribution in [0.1, 0.15) is 30.4 Å². The van der Waals surface area contributed by atoms with Crippen LogP contribution >= 0.6 is 11.8 Å². The minimum absolute atomic E-state index is 0.0267. The fraction of sp³-hybridized carbons (Fsp3) is 0.500. The normalized spacial score (nSPS) is 15.5. The van der Waals surface area contributed by atoms with Gasteiger partial charge in [0.15, 0.2) is 0 Å². The molecule has 0 bridgehead atoms. The summed E-state index contributed by atoms with van der Waals surface area (Å²) < 4.78 is 0. The monoisotopic (exact) mass is 307 g/mol. The van der Waals surface area contributed by atoms with Gasteiger partial charge in [0.1, 0.15) is 0 Å². The third-order valence-corrected chi connectivity index (χ3v) is 4.52. The third kappa shape index (κ3) is 5.79. The number of carbonyl (C=O) groups is 2. The Balaban J connectivity index is 1.72. The zero-order valence-corrected chi connectivity index (χ0v) is 13.0. The van der Waals surface area contributed by atoms with Crippen molar-refractivity contribution < 1.29 is 14.7 Å². The highest BCUT2D eigenvalue weighted by molar-refractivity contribution is 7.99. The standard InChI is InChI=1S/C16H21NO3S/c1-11-3-2-4-12(7-11)9-21-10-15(18)17-14(8-16(19)20)13-5-6-13/h2-4,7,13-14H,5-6,8-10H2,1H3,(H,17,18)(H,19,20). The number of rotatable bonds is 8. The summed E-state index contributed by atoms with van der Waals surface area (Å²) >= 11 is 1.56. The summed E-state index contributed by atoms with van der Waals surface area (Å²) in [4.78, 5) is 22.7. The fourth-order valence-corrected chi connectivity index (χ4v) is 3.12. The first-order valence-corrected chi connectivity index (χ1v) is 8.34. The Morgan fingerprint density at radius 1 is 1.43 bits per heavy atom. The number of hydrogen-bond acceptors (Lipinski definition) is 3. The van der Waals surface area contributed by atoms with E-state index in [1.807, 2.05) is 19.1 Å². The SMILES string of the molecule is Cc1cccc(CSCC(=O)NC(CC(=O)O)C2CC2)c1. The molecule has 21 heavy (non-hydrogen) atoms. The van der Waals surface area contributed by atoms with E-state index in [0.717, 1.165) is 18.6 Å². The van der Waals surface area contributed by atoms with E-state index in [4.69, 9.17) is 5.11 Å². The van der Waals surface area contributed by atoms with E-state index in [-0.39, 0.29) is 18.4 Å². The van der Waals surface area contributed by atoms with Gasteiger partial charge in [-0.15, -0.1) is 11.8 Å². The van der Waals surface area contributed by atoms with E-state index in [1.54, 1.807) is 11.8 Å². The van der Waals surface area contributed by atoms with E-state index in [2.05, 4.69) is 17.4 Å². The van der Waals surface area contributed by atoms with Crippen molar-refractivity contribution in [2.75, 3.05) is 5.75 Å². The molecule has 0 aliphatic heterocycles. The second-order valence-corrected chi connectivity index (χ2v) is 6.58. The van der Waals surface area contributed by atoms with Crippen molar-refractivity contribution in [1.29, 1.82) is 0 Å². The van der Waals surface area contributed by atoms with Gasteiger partial charge in [-0.05, 0) is 31.2 Å². The third-order valence-electron chi connectivity index (χ3n) is 3.52. The average Bonchev–Trinajstić information content (AvgIpc) is 3.21. The molecular weight excluding hydrogens is 286 g/mol. The van der Waals surface area contributed by atoms with Gasteiger partial charge in [-0.3, -0.25) is 9.59 Å². The molecule has 0 radical (unpaired) electrons.